The van der Waals surface area contributed by atoms with E-state index in [-0.39, 0.29) is 5.91 Å². The molecule has 0 unspecified atom stereocenters. The number of carbonyl (C=O) groups excluding carboxylic acids is 1. The number of aromatic nitrogens is 2. The molecule has 0 saturated carbocycles. The van der Waals surface area contributed by atoms with Crippen molar-refractivity contribution in [3.63, 3.8) is 0 Å². The summed E-state index contributed by atoms with van der Waals surface area (Å²) in [6.45, 7) is 4.61. The summed E-state index contributed by atoms with van der Waals surface area (Å²) >= 11 is 2.94. The Morgan fingerprint density at radius 2 is 2.21 bits per heavy atom. The number of amidine groups is 1. The van der Waals surface area contributed by atoms with E-state index in [1.54, 1.807) is 24.1 Å². The first-order chi connectivity index (χ1) is 11.6. The summed E-state index contributed by atoms with van der Waals surface area (Å²) in [6.07, 6.45) is 1.59. The lowest BCUT2D eigenvalue weighted by Gasteiger charge is -2.03. The van der Waals surface area contributed by atoms with Crippen molar-refractivity contribution in [2.75, 3.05) is 12.3 Å². The van der Waals surface area contributed by atoms with E-state index in [0.717, 1.165) is 33.8 Å². The lowest BCUT2D eigenvalue weighted by atomic mass is 10.1. The van der Waals surface area contributed by atoms with Gasteiger partial charge in [-0.2, -0.15) is 0 Å². The summed E-state index contributed by atoms with van der Waals surface area (Å²) in [5.74, 6) is 1.93. The van der Waals surface area contributed by atoms with Crippen molar-refractivity contribution in [3.8, 4) is 11.6 Å². The smallest absolute Gasteiger partial charge is 0.267 e. The highest BCUT2D eigenvalue weighted by atomic mass is 32.2. The van der Waals surface area contributed by atoms with Crippen LogP contribution in [-0.2, 0) is 0 Å². The number of rotatable bonds is 2. The molecule has 122 valence electrons. The number of nitrogens with one attached hydrogen (secondary N) is 1. The van der Waals surface area contributed by atoms with Gasteiger partial charge >= 0.3 is 0 Å². The van der Waals surface area contributed by atoms with E-state index in [9.17, 15) is 4.79 Å². The van der Waals surface area contributed by atoms with Crippen LogP contribution in [0.4, 0.5) is 0 Å². The fraction of sp³-hybridized carbons (Fsp3) is 0.250. The fourth-order valence-electron chi connectivity index (χ4n) is 2.64. The van der Waals surface area contributed by atoms with Crippen molar-refractivity contribution >= 4 is 44.4 Å². The fourth-order valence-corrected chi connectivity index (χ4v) is 4.49. The summed E-state index contributed by atoms with van der Waals surface area (Å²) in [6, 6.07) is 3.63. The van der Waals surface area contributed by atoms with Crippen LogP contribution in [0, 0.1) is 13.8 Å². The second-order valence-electron chi connectivity index (χ2n) is 5.34. The number of hydrogen-bond acceptors (Lipinski definition) is 7. The van der Waals surface area contributed by atoms with Gasteiger partial charge in [-0.25, -0.2) is 9.97 Å². The monoisotopic (exact) mass is 358 g/mol. The maximum atomic E-state index is 12.6. The van der Waals surface area contributed by atoms with Gasteiger partial charge in [0.15, 0.2) is 16.8 Å². The van der Waals surface area contributed by atoms with Gasteiger partial charge < -0.3 is 9.73 Å². The minimum Gasteiger partial charge on any atom is -0.461 e. The summed E-state index contributed by atoms with van der Waals surface area (Å²) in [7, 11) is 0. The minimum atomic E-state index is -0.136. The molecule has 0 fully saturated rings. The van der Waals surface area contributed by atoms with E-state index >= 15 is 0 Å². The third-order valence-electron chi connectivity index (χ3n) is 3.72. The van der Waals surface area contributed by atoms with Gasteiger partial charge in [0.2, 0.25) is 0 Å². The van der Waals surface area contributed by atoms with Crippen LogP contribution in [0.2, 0.25) is 0 Å². The van der Waals surface area contributed by atoms with Gasteiger partial charge in [0, 0.05) is 11.1 Å². The third kappa shape index (κ3) is 2.61. The molecule has 4 heterocycles. The van der Waals surface area contributed by atoms with Crippen LogP contribution in [0.15, 0.2) is 27.8 Å². The Morgan fingerprint density at radius 1 is 1.33 bits per heavy atom. The normalized spacial score (nSPS) is 14.2. The van der Waals surface area contributed by atoms with Crippen LogP contribution >= 0.6 is 23.1 Å². The highest BCUT2D eigenvalue weighted by molar-refractivity contribution is 8.14. The Hall–Kier alpha value is -2.19. The Balaban J connectivity index is 1.76. The maximum Gasteiger partial charge on any atom is 0.267 e. The first kappa shape index (κ1) is 15.3. The Kier molecular flexibility index (Phi) is 3.85. The molecular formula is C16H14N4O2S2. The van der Waals surface area contributed by atoms with Crippen molar-refractivity contribution in [1.29, 1.82) is 0 Å². The zero-order chi connectivity index (χ0) is 16.7. The largest absolute Gasteiger partial charge is 0.461 e. The number of aryl methyl sites for hydroxylation is 2. The summed E-state index contributed by atoms with van der Waals surface area (Å²) < 4.78 is 5.38. The van der Waals surface area contributed by atoms with E-state index < -0.39 is 0 Å². The van der Waals surface area contributed by atoms with Gasteiger partial charge in [-0.3, -0.25) is 9.79 Å². The van der Waals surface area contributed by atoms with Gasteiger partial charge in [0.25, 0.3) is 5.91 Å². The number of hydrogen-bond donors (Lipinski definition) is 1. The lowest BCUT2D eigenvalue weighted by molar-refractivity contribution is 0.0981. The number of carbonyl (C=O) groups is 1. The number of aliphatic imine (C=N–C) groups is 1. The van der Waals surface area contributed by atoms with Crippen LogP contribution in [0.5, 0.6) is 0 Å². The van der Waals surface area contributed by atoms with Gasteiger partial charge in [-0.1, -0.05) is 11.8 Å². The number of thioether (sulfide) groups is 1. The molecule has 0 saturated heterocycles. The SMILES string of the molecule is Cc1nc(-c2ccco2)nc2sc(C(=O)NC3=NCCS3)c(C)c12. The van der Waals surface area contributed by atoms with Crippen molar-refractivity contribution in [3.05, 3.63) is 34.5 Å². The average Bonchev–Trinajstić information content (AvgIpc) is 3.28. The van der Waals surface area contributed by atoms with Gasteiger partial charge in [0.05, 0.1) is 23.4 Å². The first-order valence-corrected chi connectivity index (χ1v) is 9.24. The number of thiophene rings is 1. The molecule has 1 N–H and O–H groups in total. The summed E-state index contributed by atoms with van der Waals surface area (Å²) in [5.41, 5.74) is 1.74. The van der Waals surface area contributed by atoms with Gasteiger partial charge in [-0.15, -0.1) is 11.3 Å². The molecular weight excluding hydrogens is 344 g/mol. The van der Waals surface area contributed by atoms with E-state index in [0.29, 0.717) is 21.6 Å². The maximum absolute atomic E-state index is 12.6. The molecule has 24 heavy (non-hydrogen) atoms. The average molecular weight is 358 g/mol. The van der Waals surface area contributed by atoms with Crippen LogP contribution in [0.25, 0.3) is 21.8 Å². The van der Waals surface area contributed by atoms with E-state index in [2.05, 4.69) is 20.3 Å². The third-order valence-corrected chi connectivity index (χ3v) is 5.80. The van der Waals surface area contributed by atoms with Crippen molar-refractivity contribution in [2.45, 2.75) is 13.8 Å². The second-order valence-corrected chi connectivity index (χ2v) is 7.42. The van der Waals surface area contributed by atoms with Crippen LogP contribution in [0.3, 0.4) is 0 Å². The second kappa shape index (κ2) is 6.03. The highest BCUT2D eigenvalue weighted by Crippen LogP contribution is 2.33. The van der Waals surface area contributed by atoms with Crippen LogP contribution in [-0.4, -0.2) is 33.3 Å². The molecule has 1 amide bonds. The molecule has 8 heteroatoms. The molecule has 0 aliphatic carbocycles. The minimum absolute atomic E-state index is 0.136. The number of amides is 1. The molecule has 0 atom stereocenters. The molecule has 6 nitrogen and oxygen atoms in total. The van der Waals surface area contributed by atoms with Crippen molar-refractivity contribution in [1.82, 2.24) is 15.3 Å². The van der Waals surface area contributed by atoms with E-state index in [1.807, 2.05) is 19.9 Å². The lowest BCUT2D eigenvalue weighted by Crippen LogP contribution is -2.27. The van der Waals surface area contributed by atoms with Crippen molar-refractivity contribution < 1.29 is 9.21 Å². The summed E-state index contributed by atoms with van der Waals surface area (Å²) in [4.78, 5) is 27.3. The molecule has 0 spiro atoms. The molecule has 4 rings (SSSR count). The topological polar surface area (TPSA) is 80.4 Å². The molecule has 0 radical (unpaired) electrons. The molecule has 3 aromatic heterocycles. The summed E-state index contributed by atoms with van der Waals surface area (Å²) in [5, 5.41) is 4.50. The first-order valence-electron chi connectivity index (χ1n) is 7.43. The molecule has 0 aromatic carbocycles. The standard InChI is InChI=1S/C16H14N4O2S2/c1-8-11-9(2)18-13(10-4-3-6-22-10)19-15(11)24-12(8)14(21)20-16-17-5-7-23-16/h3-4,6H,5,7H2,1-2H3,(H,17,20,21). The highest BCUT2D eigenvalue weighted by Gasteiger charge is 2.21. The number of furan rings is 1. The van der Waals surface area contributed by atoms with Crippen molar-refractivity contribution in [2.24, 2.45) is 4.99 Å². The van der Waals surface area contributed by atoms with E-state index in [4.69, 9.17) is 4.42 Å². The Bertz CT molecular complexity index is 960. The van der Waals surface area contributed by atoms with Crippen LogP contribution in [0.1, 0.15) is 20.9 Å². The number of fused-ring (bicyclic) bond motifs is 1. The molecule has 0 bridgehead atoms. The molecule has 1 aliphatic heterocycles. The molecule has 3 aromatic rings. The van der Waals surface area contributed by atoms with Gasteiger partial charge in [0.1, 0.15) is 4.83 Å². The predicted octanol–water partition coefficient (Wildman–Crippen LogP) is 3.40. The van der Waals surface area contributed by atoms with E-state index in [1.165, 1.54) is 11.3 Å². The Labute approximate surface area is 146 Å². The Morgan fingerprint density at radius 3 is 2.92 bits per heavy atom. The zero-order valence-corrected chi connectivity index (χ0v) is 14.8. The zero-order valence-electron chi connectivity index (χ0n) is 13.1. The molecule has 1 aliphatic rings. The predicted molar refractivity (Wildman–Crippen MR) is 96.8 cm³/mol. The quantitative estimate of drug-likeness (QED) is 0.759. The number of nitrogens with zero attached hydrogens (tertiary/aromatic N) is 3. The van der Waals surface area contributed by atoms with Gasteiger partial charge in [-0.05, 0) is 31.5 Å². The van der Waals surface area contributed by atoms with Crippen LogP contribution < -0.4 is 5.32 Å².